The van der Waals surface area contributed by atoms with Crippen LogP contribution in [-0.2, 0) is 14.0 Å². The first-order valence-corrected chi connectivity index (χ1v) is 15.5. The summed E-state index contributed by atoms with van der Waals surface area (Å²) in [5.41, 5.74) is 4.35. The number of aliphatic hydroxyl groups excluding tert-OH is 2. The molecule has 0 spiro atoms. The van der Waals surface area contributed by atoms with Crippen molar-refractivity contribution in [3.8, 4) is 5.75 Å². The molecule has 0 amide bonds. The second-order valence-electron chi connectivity index (χ2n) is 10.7. The molecule has 7 heteroatoms. The number of aromatic hydroxyl groups is 1. The predicted molar refractivity (Wildman–Crippen MR) is 160 cm³/mol. The molecule has 0 bridgehead atoms. The van der Waals surface area contributed by atoms with Crippen LogP contribution in [0.1, 0.15) is 52.2 Å². The second kappa shape index (κ2) is 14.3. The molecule has 0 saturated heterocycles. The summed E-state index contributed by atoms with van der Waals surface area (Å²) in [6.07, 6.45) is -0.336. The predicted octanol–water partition coefficient (Wildman–Crippen LogP) is 4.79. The van der Waals surface area contributed by atoms with Crippen molar-refractivity contribution >= 4 is 24.7 Å². The van der Waals surface area contributed by atoms with E-state index in [0.29, 0.717) is 11.1 Å². The highest BCUT2D eigenvalue weighted by Crippen LogP contribution is 2.37. The van der Waals surface area contributed by atoms with Gasteiger partial charge in [-0.25, -0.2) is 4.79 Å². The Labute approximate surface area is 238 Å². The Morgan fingerprint density at radius 1 is 0.950 bits per heavy atom. The van der Waals surface area contributed by atoms with Gasteiger partial charge in [-0.3, -0.25) is 0 Å². The lowest BCUT2D eigenvalue weighted by atomic mass is 10.1. The van der Waals surface area contributed by atoms with E-state index in [1.165, 1.54) is 6.07 Å². The van der Waals surface area contributed by atoms with Gasteiger partial charge >= 0.3 is 5.97 Å². The molecule has 0 unspecified atom stereocenters. The van der Waals surface area contributed by atoms with Crippen molar-refractivity contribution in [1.29, 1.82) is 0 Å². The lowest BCUT2D eigenvalue weighted by Crippen LogP contribution is -2.66. The van der Waals surface area contributed by atoms with Crippen LogP contribution in [0, 0.1) is 0 Å². The number of benzene rings is 3. The maximum Gasteiger partial charge on any atom is 0.335 e. The number of phenols is 1. The average Bonchev–Trinajstić information content (AvgIpc) is 2.93. The lowest BCUT2D eigenvalue weighted by molar-refractivity contribution is -0.152. The molecule has 212 valence electrons. The molecule has 0 radical (unpaired) electrons. The van der Waals surface area contributed by atoms with Gasteiger partial charge in [-0.15, -0.1) is 5.73 Å². The molecule has 0 aliphatic heterocycles. The van der Waals surface area contributed by atoms with Crippen molar-refractivity contribution in [3.05, 3.63) is 108 Å². The smallest absolute Gasteiger partial charge is 0.335 e. The largest absolute Gasteiger partial charge is 0.508 e. The average molecular weight is 561 g/mol. The molecule has 6 nitrogen and oxygen atoms in total. The minimum atomic E-state index is -2.88. The first-order valence-electron chi connectivity index (χ1n) is 13.6. The van der Waals surface area contributed by atoms with Gasteiger partial charge in [-0.05, 0) is 51.7 Å². The number of ether oxygens (including phenoxy) is 1. The van der Waals surface area contributed by atoms with E-state index in [1.807, 2.05) is 36.4 Å². The van der Waals surface area contributed by atoms with E-state index in [4.69, 9.17) is 9.16 Å². The normalized spacial score (nSPS) is 13.2. The van der Waals surface area contributed by atoms with Crippen LogP contribution in [-0.4, -0.2) is 48.9 Å². The number of carbonyl (C=O) groups excluding carboxylic acids is 1. The Balaban J connectivity index is 1.99. The highest BCUT2D eigenvalue weighted by Gasteiger charge is 2.50. The van der Waals surface area contributed by atoms with Crippen LogP contribution in [0.2, 0.25) is 5.04 Å². The number of esters is 1. The summed E-state index contributed by atoms with van der Waals surface area (Å²) >= 11 is 0. The zero-order chi connectivity index (χ0) is 29.2. The number of aliphatic hydroxyl groups is 2. The minimum absolute atomic E-state index is 0.0181. The molecule has 3 aromatic carbocycles. The highest BCUT2D eigenvalue weighted by atomic mass is 28.4. The second-order valence-corrected chi connectivity index (χ2v) is 15.0. The molecule has 3 rings (SSSR count). The first-order chi connectivity index (χ1) is 19.1. The number of phenolic OH excluding ortho intramolecular Hbond substituents is 1. The maximum absolute atomic E-state index is 12.3. The molecule has 0 aliphatic rings. The Morgan fingerprint density at radius 3 is 2.08 bits per heavy atom. The summed E-state index contributed by atoms with van der Waals surface area (Å²) in [5, 5.41) is 32.9. The van der Waals surface area contributed by atoms with Crippen molar-refractivity contribution in [2.24, 2.45) is 0 Å². The quantitative estimate of drug-likeness (QED) is 0.168. The Morgan fingerprint density at radius 2 is 1.55 bits per heavy atom. The molecular formula is C33H40O6Si. The van der Waals surface area contributed by atoms with Gasteiger partial charge in [0, 0.05) is 12.8 Å². The highest BCUT2D eigenvalue weighted by molar-refractivity contribution is 6.99. The molecular weight excluding hydrogens is 520 g/mol. The summed E-state index contributed by atoms with van der Waals surface area (Å²) in [7, 11) is -2.88. The fraction of sp³-hybridized carbons (Fsp3) is 0.333. The van der Waals surface area contributed by atoms with Gasteiger partial charge in [0.2, 0.25) is 0 Å². The van der Waals surface area contributed by atoms with Crippen molar-refractivity contribution in [1.82, 2.24) is 0 Å². The van der Waals surface area contributed by atoms with E-state index in [9.17, 15) is 20.1 Å². The van der Waals surface area contributed by atoms with Gasteiger partial charge < -0.3 is 24.5 Å². The maximum atomic E-state index is 12.3. The number of rotatable bonds is 12. The van der Waals surface area contributed by atoms with Gasteiger partial charge in [0.25, 0.3) is 8.32 Å². The SMILES string of the molecule is CCOC(=O)[C@H](O)CC(=C=CC[C@@H](O)c1cccc(O)c1)CO[Si](c1ccccc1)(c1ccccc1)C(C)(C)C. The van der Waals surface area contributed by atoms with Crippen LogP contribution < -0.4 is 10.4 Å². The fourth-order valence-corrected chi connectivity index (χ4v) is 9.40. The van der Waals surface area contributed by atoms with Gasteiger partial charge in [-0.1, -0.05) is 93.6 Å². The Bertz CT molecular complexity index is 1250. The van der Waals surface area contributed by atoms with Gasteiger partial charge in [-0.2, -0.15) is 0 Å². The number of hydrogen-bond donors (Lipinski definition) is 3. The summed E-state index contributed by atoms with van der Waals surface area (Å²) in [6.45, 7) is 8.52. The molecule has 0 aromatic heterocycles. The summed E-state index contributed by atoms with van der Waals surface area (Å²) in [5.74, 6) is -0.625. The molecule has 0 aliphatic carbocycles. The first kappa shape index (κ1) is 31.1. The van der Waals surface area contributed by atoms with Crippen LogP contribution >= 0.6 is 0 Å². The third-order valence-corrected chi connectivity index (χ3v) is 11.8. The van der Waals surface area contributed by atoms with Gasteiger partial charge in [0.05, 0.1) is 19.3 Å². The minimum Gasteiger partial charge on any atom is -0.508 e. The standard InChI is InChI=1S/C33H40O6Si/c1-5-38-32(37)31(36)22-25(14-12-21-30(35)26-15-13-16-27(34)23-26)24-39-40(33(2,3)4,28-17-8-6-9-18-28)29-19-10-7-11-20-29/h6-13,15-20,23,30-31,34-36H,5,21-22,24H2,1-4H3/t14?,30-,31-/m1/s1. The zero-order valence-corrected chi connectivity index (χ0v) is 24.7. The summed E-state index contributed by atoms with van der Waals surface area (Å²) in [4.78, 5) is 12.3. The topological polar surface area (TPSA) is 96.2 Å². The van der Waals surface area contributed by atoms with Crippen molar-refractivity contribution in [2.45, 2.75) is 57.8 Å². The Hall–Kier alpha value is -3.45. The number of hydrogen-bond acceptors (Lipinski definition) is 6. The monoisotopic (exact) mass is 560 g/mol. The van der Waals surface area contributed by atoms with Crippen LogP contribution in [0.4, 0.5) is 0 Å². The molecule has 3 aromatic rings. The number of carbonyl (C=O) groups is 1. The molecule has 2 atom stereocenters. The molecule has 0 saturated carbocycles. The molecule has 0 fully saturated rings. The fourth-order valence-electron chi connectivity index (χ4n) is 4.85. The van der Waals surface area contributed by atoms with Crippen LogP contribution in [0.25, 0.3) is 0 Å². The van der Waals surface area contributed by atoms with E-state index in [1.54, 1.807) is 31.2 Å². The van der Waals surface area contributed by atoms with Crippen LogP contribution in [0.5, 0.6) is 5.75 Å². The molecule has 0 heterocycles. The van der Waals surface area contributed by atoms with Crippen molar-refractivity contribution in [2.75, 3.05) is 13.2 Å². The van der Waals surface area contributed by atoms with E-state index in [2.05, 4.69) is 50.8 Å². The third-order valence-electron chi connectivity index (χ3n) is 6.78. The molecule has 40 heavy (non-hydrogen) atoms. The van der Waals surface area contributed by atoms with Gasteiger partial charge in [0.1, 0.15) is 5.75 Å². The lowest BCUT2D eigenvalue weighted by Gasteiger charge is -2.43. The Kier molecular flexibility index (Phi) is 11.1. The van der Waals surface area contributed by atoms with Gasteiger partial charge in [0.15, 0.2) is 6.10 Å². The molecule has 3 N–H and O–H groups in total. The van der Waals surface area contributed by atoms with E-state index >= 15 is 0 Å². The van der Waals surface area contributed by atoms with Crippen molar-refractivity contribution in [3.63, 3.8) is 0 Å². The zero-order valence-electron chi connectivity index (χ0n) is 23.7. The summed E-state index contributed by atoms with van der Waals surface area (Å²) in [6, 6.07) is 26.9. The van der Waals surface area contributed by atoms with E-state index in [-0.39, 0.29) is 36.8 Å². The van der Waals surface area contributed by atoms with Crippen molar-refractivity contribution < 1.29 is 29.3 Å². The van der Waals surface area contributed by atoms with Crippen LogP contribution in [0.3, 0.4) is 0 Å². The van der Waals surface area contributed by atoms with E-state index in [0.717, 1.165) is 10.4 Å². The van der Waals surface area contributed by atoms with Crippen LogP contribution in [0.15, 0.2) is 102 Å². The third kappa shape index (κ3) is 7.81. The van der Waals surface area contributed by atoms with E-state index < -0.39 is 26.5 Å². The summed E-state index contributed by atoms with van der Waals surface area (Å²) < 4.78 is 12.0.